The molecular formula is C24H35NO6. The van der Waals surface area contributed by atoms with Gasteiger partial charge in [-0.05, 0) is 49.8 Å². The molecule has 0 saturated heterocycles. The molecule has 1 atom stereocenters. The minimum absolute atomic E-state index is 0.197. The lowest BCUT2D eigenvalue weighted by molar-refractivity contribution is -0.145. The van der Waals surface area contributed by atoms with Crippen LogP contribution in [0.25, 0.3) is 0 Å². The molecule has 1 aromatic carbocycles. The van der Waals surface area contributed by atoms with Gasteiger partial charge in [0.1, 0.15) is 18.5 Å². The van der Waals surface area contributed by atoms with Crippen LogP contribution in [-0.2, 0) is 30.2 Å². The van der Waals surface area contributed by atoms with E-state index in [2.05, 4.69) is 5.32 Å². The Bertz CT molecular complexity index is 697. The van der Waals surface area contributed by atoms with Crippen molar-refractivity contribution in [1.29, 1.82) is 0 Å². The molecule has 0 aliphatic heterocycles. The molecule has 1 aromatic rings. The Balaban J connectivity index is 1.78. The zero-order valence-corrected chi connectivity index (χ0v) is 18.8. The van der Waals surface area contributed by atoms with E-state index in [1.165, 1.54) is 18.4 Å². The van der Waals surface area contributed by atoms with Gasteiger partial charge in [-0.1, -0.05) is 26.0 Å². The highest BCUT2D eigenvalue weighted by molar-refractivity contribution is 5.91. The SMILES string of the molecule is CCOC(=O)/C=C/C(=O)OC(CNC(C)C)COc1ccc(CCOCC2CC2)cc1. The first-order valence-corrected chi connectivity index (χ1v) is 11.0. The highest BCUT2D eigenvalue weighted by Gasteiger charge is 2.20. The summed E-state index contributed by atoms with van der Waals surface area (Å²) < 4.78 is 21.7. The third-order valence-corrected chi connectivity index (χ3v) is 4.62. The maximum absolute atomic E-state index is 12.0. The first-order chi connectivity index (χ1) is 15.0. The molecule has 7 heteroatoms. The van der Waals surface area contributed by atoms with Crippen molar-refractivity contribution in [2.75, 3.05) is 33.0 Å². The fourth-order valence-electron chi connectivity index (χ4n) is 2.70. The topological polar surface area (TPSA) is 83.1 Å². The number of carbonyl (C=O) groups excluding carboxylic acids is 2. The number of benzene rings is 1. The first-order valence-electron chi connectivity index (χ1n) is 11.0. The highest BCUT2D eigenvalue weighted by atomic mass is 16.6. The molecule has 7 nitrogen and oxygen atoms in total. The van der Waals surface area contributed by atoms with Crippen molar-refractivity contribution < 1.29 is 28.5 Å². The second-order valence-corrected chi connectivity index (χ2v) is 7.93. The standard InChI is InChI=1S/C24H35NO6/c1-4-29-23(26)11-12-24(27)31-22(15-25-18(2)3)17-30-21-9-7-19(8-10-21)13-14-28-16-20-5-6-20/h7-12,18,20,22,25H,4-6,13-17H2,1-3H3/b12-11+. The third-order valence-electron chi connectivity index (χ3n) is 4.62. The number of nitrogens with one attached hydrogen (secondary N) is 1. The molecule has 2 rings (SSSR count). The Morgan fingerprint density at radius 2 is 1.84 bits per heavy atom. The highest BCUT2D eigenvalue weighted by Crippen LogP contribution is 2.28. The van der Waals surface area contributed by atoms with Gasteiger partial charge in [-0.2, -0.15) is 0 Å². The summed E-state index contributed by atoms with van der Waals surface area (Å²) in [7, 11) is 0. The van der Waals surface area contributed by atoms with Crippen molar-refractivity contribution in [3.8, 4) is 5.75 Å². The summed E-state index contributed by atoms with van der Waals surface area (Å²) in [5.41, 5.74) is 1.19. The molecule has 1 N–H and O–H groups in total. The smallest absolute Gasteiger partial charge is 0.331 e. The van der Waals surface area contributed by atoms with Crippen molar-refractivity contribution in [3.05, 3.63) is 42.0 Å². The lowest BCUT2D eigenvalue weighted by atomic mass is 10.1. The van der Waals surface area contributed by atoms with Crippen LogP contribution in [0.1, 0.15) is 39.2 Å². The summed E-state index contributed by atoms with van der Waals surface area (Å²) in [5, 5.41) is 3.24. The summed E-state index contributed by atoms with van der Waals surface area (Å²) in [6.07, 6.45) is 5.11. The molecule has 1 fully saturated rings. The van der Waals surface area contributed by atoms with Gasteiger partial charge in [0.15, 0.2) is 0 Å². The molecule has 0 bridgehead atoms. The zero-order valence-electron chi connectivity index (χ0n) is 18.8. The summed E-state index contributed by atoms with van der Waals surface area (Å²) in [6.45, 7) is 8.20. The quantitative estimate of drug-likeness (QED) is 0.259. The van der Waals surface area contributed by atoms with Crippen molar-refractivity contribution in [2.24, 2.45) is 5.92 Å². The fourth-order valence-corrected chi connectivity index (χ4v) is 2.70. The zero-order chi connectivity index (χ0) is 22.5. The molecule has 31 heavy (non-hydrogen) atoms. The van der Waals surface area contributed by atoms with Crippen LogP contribution >= 0.6 is 0 Å². The number of hydrogen-bond acceptors (Lipinski definition) is 7. The van der Waals surface area contributed by atoms with Crippen LogP contribution in [-0.4, -0.2) is 57.1 Å². The predicted octanol–water partition coefficient (Wildman–Crippen LogP) is 3.06. The molecule has 1 saturated carbocycles. The second-order valence-electron chi connectivity index (χ2n) is 7.93. The van der Waals surface area contributed by atoms with Crippen LogP contribution in [0.5, 0.6) is 5.75 Å². The Morgan fingerprint density at radius 1 is 1.13 bits per heavy atom. The number of ether oxygens (including phenoxy) is 4. The van der Waals surface area contributed by atoms with Crippen LogP contribution in [0.4, 0.5) is 0 Å². The van der Waals surface area contributed by atoms with Crippen molar-refractivity contribution in [2.45, 2.75) is 52.2 Å². The summed E-state index contributed by atoms with van der Waals surface area (Å²) in [5.74, 6) is 0.290. The molecule has 0 heterocycles. The Hall–Kier alpha value is -2.38. The van der Waals surface area contributed by atoms with E-state index in [4.69, 9.17) is 18.9 Å². The lowest BCUT2D eigenvalue weighted by Gasteiger charge is -2.20. The van der Waals surface area contributed by atoms with E-state index in [0.717, 1.165) is 37.7 Å². The minimum Gasteiger partial charge on any atom is -0.490 e. The van der Waals surface area contributed by atoms with E-state index in [0.29, 0.717) is 12.3 Å². The molecule has 1 aliphatic carbocycles. The molecule has 0 aromatic heterocycles. The molecule has 0 spiro atoms. The van der Waals surface area contributed by atoms with E-state index in [9.17, 15) is 9.59 Å². The van der Waals surface area contributed by atoms with Gasteiger partial charge in [-0.15, -0.1) is 0 Å². The van der Waals surface area contributed by atoms with Crippen molar-refractivity contribution in [3.63, 3.8) is 0 Å². The third kappa shape index (κ3) is 11.5. The number of rotatable bonds is 15. The monoisotopic (exact) mass is 433 g/mol. The van der Waals surface area contributed by atoms with E-state index >= 15 is 0 Å². The van der Waals surface area contributed by atoms with Crippen LogP contribution in [0.3, 0.4) is 0 Å². The summed E-state index contributed by atoms with van der Waals surface area (Å²) in [4.78, 5) is 23.4. The molecule has 1 unspecified atom stereocenters. The first kappa shape index (κ1) is 24.9. The van der Waals surface area contributed by atoms with Crippen LogP contribution in [0, 0.1) is 5.92 Å². The summed E-state index contributed by atoms with van der Waals surface area (Å²) in [6, 6.07) is 8.09. The molecule has 172 valence electrons. The van der Waals surface area contributed by atoms with Gasteiger partial charge >= 0.3 is 11.9 Å². The van der Waals surface area contributed by atoms with Gasteiger partial charge in [-0.25, -0.2) is 9.59 Å². The largest absolute Gasteiger partial charge is 0.490 e. The van der Waals surface area contributed by atoms with Gasteiger partial charge in [0, 0.05) is 31.3 Å². The van der Waals surface area contributed by atoms with Crippen LogP contribution in [0.15, 0.2) is 36.4 Å². The molecule has 0 radical (unpaired) electrons. The maximum atomic E-state index is 12.0. The molecule has 0 amide bonds. The number of esters is 2. The van der Waals surface area contributed by atoms with E-state index in [-0.39, 0.29) is 19.3 Å². The molecular weight excluding hydrogens is 398 g/mol. The average molecular weight is 434 g/mol. The van der Waals surface area contributed by atoms with Crippen molar-refractivity contribution >= 4 is 11.9 Å². The Kier molecular flexibility index (Phi) is 11.1. The number of hydrogen-bond donors (Lipinski definition) is 1. The average Bonchev–Trinajstić information content (AvgIpc) is 3.57. The van der Waals surface area contributed by atoms with Crippen molar-refractivity contribution in [1.82, 2.24) is 5.32 Å². The van der Waals surface area contributed by atoms with Gasteiger partial charge < -0.3 is 24.3 Å². The van der Waals surface area contributed by atoms with Gasteiger partial charge in [-0.3, -0.25) is 0 Å². The molecule has 1 aliphatic rings. The van der Waals surface area contributed by atoms with E-state index < -0.39 is 18.0 Å². The number of carbonyl (C=O) groups is 2. The van der Waals surface area contributed by atoms with Crippen LogP contribution < -0.4 is 10.1 Å². The lowest BCUT2D eigenvalue weighted by Crippen LogP contribution is -2.38. The Morgan fingerprint density at radius 3 is 2.48 bits per heavy atom. The maximum Gasteiger partial charge on any atom is 0.331 e. The van der Waals surface area contributed by atoms with Crippen LogP contribution in [0.2, 0.25) is 0 Å². The Labute approximate surface area is 185 Å². The fraction of sp³-hybridized carbons (Fsp3) is 0.583. The van der Waals surface area contributed by atoms with Gasteiger partial charge in [0.2, 0.25) is 0 Å². The van der Waals surface area contributed by atoms with Gasteiger partial charge in [0.05, 0.1) is 13.2 Å². The second kappa shape index (κ2) is 13.8. The van der Waals surface area contributed by atoms with Gasteiger partial charge in [0.25, 0.3) is 0 Å². The minimum atomic E-state index is -0.617. The normalized spacial score (nSPS) is 14.6. The summed E-state index contributed by atoms with van der Waals surface area (Å²) >= 11 is 0. The van der Waals surface area contributed by atoms with E-state index in [1.54, 1.807) is 6.92 Å². The predicted molar refractivity (Wildman–Crippen MR) is 118 cm³/mol. The van der Waals surface area contributed by atoms with E-state index in [1.807, 2.05) is 38.1 Å².